The summed E-state index contributed by atoms with van der Waals surface area (Å²) >= 11 is 0. The van der Waals surface area contributed by atoms with Gasteiger partial charge in [-0.2, -0.15) is 0 Å². The van der Waals surface area contributed by atoms with Crippen molar-refractivity contribution < 1.29 is 9.21 Å². The van der Waals surface area contributed by atoms with Gasteiger partial charge in [-0.05, 0) is 54.3 Å². The molecule has 23 heavy (non-hydrogen) atoms. The van der Waals surface area contributed by atoms with Crippen molar-refractivity contribution in [2.75, 3.05) is 5.32 Å². The van der Waals surface area contributed by atoms with Crippen LogP contribution in [0.1, 0.15) is 38.7 Å². The summed E-state index contributed by atoms with van der Waals surface area (Å²) in [6, 6.07) is 13.7. The summed E-state index contributed by atoms with van der Waals surface area (Å²) < 4.78 is 5.84. The number of nitrogens with zero attached hydrogens (tertiary/aromatic N) is 1. The number of carbonyl (C=O) groups is 1. The highest BCUT2D eigenvalue weighted by atomic mass is 16.3. The van der Waals surface area contributed by atoms with Crippen molar-refractivity contribution in [2.45, 2.75) is 33.1 Å². The molecule has 2 aromatic carbocycles. The first-order valence-electron chi connectivity index (χ1n) is 7.85. The van der Waals surface area contributed by atoms with E-state index in [2.05, 4.69) is 36.3 Å². The van der Waals surface area contributed by atoms with Crippen molar-refractivity contribution in [2.24, 2.45) is 0 Å². The molecule has 4 nitrogen and oxygen atoms in total. The normalized spacial score (nSPS) is 12.3. The second kappa shape index (κ2) is 6.24. The lowest BCUT2D eigenvalue weighted by Gasteiger charge is -2.07. The number of nitrogens with one attached hydrogen (secondary N) is 1. The monoisotopic (exact) mass is 308 g/mol. The maximum Gasteiger partial charge on any atom is 0.227 e. The third-order valence-electron chi connectivity index (χ3n) is 4.05. The minimum absolute atomic E-state index is 0.0859. The number of carbonyl (C=O) groups excluding carboxylic acids is 1. The van der Waals surface area contributed by atoms with Gasteiger partial charge in [-0.15, -0.1) is 0 Å². The number of benzene rings is 2. The largest absolute Gasteiger partial charge is 0.436 e. The Bertz CT molecular complexity index is 834. The molecule has 0 fully saturated rings. The van der Waals surface area contributed by atoms with Gasteiger partial charge in [0.2, 0.25) is 11.8 Å². The number of oxazole rings is 1. The predicted molar refractivity (Wildman–Crippen MR) is 92.5 cm³/mol. The molecule has 1 heterocycles. The van der Waals surface area contributed by atoms with E-state index in [0.29, 0.717) is 11.8 Å². The Balaban J connectivity index is 1.92. The van der Waals surface area contributed by atoms with Crippen LogP contribution in [0.15, 0.2) is 46.9 Å². The number of hydrogen-bond donors (Lipinski definition) is 1. The van der Waals surface area contributed by atoms with E-state index in [1.165, 1.54) is 12.5 Å². The molecule has 0 aliphatic carbocycles. The van der Waals surface area contributed by atoms with Crippen LogP contribution in [-0.4, -0.2) is 10.9 Å². The number of amides is 1. The van der Waals surface area contributed by atoms with Crippen LogP contribution >= 0.6 is 0 Å². The molecule has 0 aliphatic heterocycles. The quantitative estimate of drug-likeness (QED) is 0.740. The van der Waals surface area contributed by atoms with E-state index in [-0.39, 0.29) is 5.91 Å². The fraction of sp³-hybridized carbons (Fsp3) is 0.263. The van der Waals surface area contributed by atoms with Crippen LogP contribution in [0.4, 0.5) is 5.69 Å². The predicted octanol–water partition coefficient (Wildman–Crippen LogP) is 4.97. The van der Waals surface area contributed by atoms with E-state index in [1.807, 2.05) is 30.3 Å². The first kappa shape index (κ1) is 15.3. The van der Waals surface area contributed by atoms with Gasteiger partial charge in [-0.3, -0.25) is 4.79 Å². The Hall–Kier alpha value is -2.62. The molecule has 118 valence electrons. The number of hydrogen-bond acceptors (Lipinski definition) is 3. The van der Waals surface area contributed by atoms with Crippen molar-refractivity contribution in [1.29, 1.82) is 0 Å². The highest BCUT2D eigenvalue weighted by Crippen LogP contribution is 2.28. The lowest BCUT2D eigenvalue weighted by molar-refractivity contribution is -0.114. The Kier molecular flexibility index (Phi) is 4.15. The van der Waals surface area contributed by atoms with Gasteiger partial charge >= 0.3 is 0 Å². The van der Waals surface area contributed by atoms with Crippen LogP contribution in [0.3, 0.4) is 0 Å². The molecular weight excluding hydrogens is 288 g/mol. The topological polar surface area (TPSA) is 55.1 Å². The number of rotatable bonds is 4. The lowest BCUT2D eigenvalue weighted by atomic mass is 9.98. The molecule has 0 bridgehead atoms. The third kappa shape index (κ3) is 3.26. The standard InChI is InChI=1S/C19H20N2O2/c1-4-12(2)15-7-10-18-17(11-15)21-19(23-18)14-5-8-16(9-6-14)20-13(3)22/h5-12H,4H2,1-3H3,(H,20,22)/t12-/m1/s1. The minimum atomic E-state index is -0.0859. The van der Waals surface area contributed by atoms with E-state index in [0.717, 1.165) is 28.8 Å². The van der Waals surface area contributed by atoms with Crippen LogP contribution in [0.5, 0.6) is 0 Å². The molecule has 1 aromatic heterocycles. The molecule has 0 spiro atoms. The van der Waals surface area contributed by atoms with E-state index in [1.54, 1.807) is 0 Å². The van der Waals surface area contributed by atoms with Gasteiger partial charge in [0.25, 0.3) is 0 Å². The maximum atomic E-state index is 11.1. The summed E-state index contributed by atoms with van der Waals surface area (Å²) in [4.78, 5) is 15.7. The molecular formula is C19H20N2O2. The Labute approximate surface area is 135 Å². The summed E-state index contributed by atoms with van der Waals surface area (Å²) in [5, 5.41) is 2.75. The molecule has 1 amide bonds. The zero-order valence-corrected chi connectivity index (χ0v) is 13.6. The highest BCUT2D eigenvalue weighted by molar-refractivity contribution is 5.89. The lowest BCUT2D eigenvalue weighted by Crippen LogP contribution is -2.05. The maximum absolute atomic E-state index is 11.1. The fourth-order valence-electron chi connectivity index (χ4n) is 2.51. The third-order valence-corrected chi connectivity index (χ3v) is 4.05. The first-order chi connectivity index (χ1) is 11.1. The SMILES string of the molecule is CC[C@@H](C)c1ccc2oc(-c3ccc(NC(C)=O)cc3)nc2c1. The van der Waals surface area contributed by atoms with Gasteiger partial charge in [0, 0.05) is 18.2 Å². The first-order valence-corrected chi connectivity index (χ1v) is 7.85. The zero-order valence-electron chi connectivity index (χ0n) is 13.6. The van der Waals surface area contributed by atoms with Crippen LogP contribution in [-0.2, 0) is 4.79 Å². The molecule has 1 N–H and O–H groups in total. The highest BCUT2D eigenvalue weighted by Gasteiger charge is 2.11. The van der Waals surface area contributed by atoms with Gasteiger partial charge in [0.15, 0.2) is 5.58 Å². The van der Waals surface area contributed by atoms with E-state index < -0.39 is 0 Å². The molecule has 3 aromatic rings. The van der Waals surface area contributed by atoms with Crippen molar-refractivity contribution in [3.8, 4) is 11.5 Å². The summed E-state index contributed by atoms with van der Waals surface area (Å²) in [5.41, 5.74) is 4.60. The van der Waals surface area contributed by atoms with Crippen LogP contribution in [0, 0.1) is 0 Å². The van der Waals surface area contributed by atoms with Gasteiger partial charge in [0.1, 0.15) is 5.52 Å². The summed E-state index contributed by atoms with van der Waals surface area (Å²) in [5.74, 6) is 1.02. The van der Waals surface area contributed by atoms with Crippen molar-refractivity contribution in [3.63, 3.8) is 0 Å². The molecule has 0 radical (unpaired) electrons. The van der Waals surface area contributed by atoms with E-state index >= 15 is 0 Å². The van der Waals surface area contributed by atoms with E-state index in [9.17, 15) is 4.79 Å². The Morgan fingerprint density at radius 1 is 1.22 bits per heavy atom. The Morgan fingerprint density at radius 3 is 2.61 bits per heavy atom. The molecule has 3 rings (SSSR count). The molecule has 0 saturated heterocycles. The average Bonchev–Trinajstić information content (AvgIpc) is 2.97. The van der Waals surface area contributed by atoms with Gasteiger partial charge < -0.3 is 9.73 Å². The number of fused-ring (bicyclic) bond motifs is 1. The van der Waals surface area contributed by atoms with Crippen LogP contribution < -0.4 is 5.32 Å². The summed E-state index contributed by atoms with van der Waals surface area (Å²) in [6.07, 6.45) is 1.10. The molecule has 4 heteroatoms. The summed E-state index contributed by atoms with van der Waals surface area (Å²) in [6.45, 7) is 5.88. The van der Waals surface area contributed by atoms with Crippen molar-refractivity contribution >= 4 is 22.7 Å². The van der Waals surface area contributed by atoms with Crippen molar-refractivity contribution in [1.82, 2.24) is 4.98 Å². The van der Waals surface area contributed by atoms with Gasteiger partial charge in [-0.1, -0.05) is 19.9 Å². The molecule has 0 saturated carbocycles. The van der Waals surface area contributed by atoms with Crippen LogP contribution in [0.2, 0.25) is 0 Å². The number of aromatic nitrogens is 1. The summed E-state index contributed by atoms with van der Waals surface area (Å²) in [7, 11) is 0. The molecule has 0 aliphatic rings. The van der Waals surface area contributed by atoms with E-state index in [4.69, 9.17) is 4.42 Å². The smallest absolute Gasteiger partial charge is 0.227 e. The molecule has 0 unspecified atom stereocenters. The number of anilines is 1. The van der Waals surface area contributed by atoms with Crippen molar-refractivity contribution in [3.05, 3.63) is 48.0 Å². The van der Waals surface area contributed by atoms with Gasteiger partial charge in [-0.25, -0.2) is 4.98 Å². The zero-order chi connectivity index (χ0) is 16.4. The fourth-order valence-corrected chi connectivity index (χ4v) is 2.51. The minimum Gasteiger partial charge on any atom is -0.436 e. The van der Waals surface area contributed by atoms with Gasteiger partial charge in [0.05, 0.1) is 0 Å². The second-order valence-electron chi connectivity index (χ2n) is 5.81. The molecule has 1 atom stereocenters. The van der Waals surface area contributed by atoms with Crippen LogP contribution in [0.25, 0.3) is 22.6 Å². The second-order valence-corrected chi connectivity index (χ2v) is 5.81. The Morgan fingerprint density at radius 2 is 1.96 bits per heavy atom. The average molecular weight is 308 g/mol.